The maximum Gasteiger partial charge on any atom is 0.307 e. The topological polar surface area (TPSA) is 37.3 Å². The van der Waals surface area contributed by atoms with E-state index in [1.165, 1.54) is 25.7 Å². The fraction of sp³-hybridized carbons (Fsp3) is 0.917. The van der Waals surface area contributed by atoms with Crippen LogP contribution in [0.1, 0.15) is 58.8 Å². The second-order valence-electron chi connectivity index (χ2n) is 4.18. The number of aliphatic carboxylic acids is 1. The van der Waals surface area contributed by atoms with Gasteiger partial charge in [0.05, 0.1) is 5.92 Å². The summed E-state index contributed by atoms with van der Waals surface area (Å²) < 4.78 is 0. The first-order valence-corrected chi connectivity index (χ1v) is 6.40. The SMILES string of the molecule is CCCCCCCCC(C(=O)O)C(C)Cl. The molecule has 0 aromatic rings. The van der Waals surface area contributed by atoms with Gasteiger partial charge in [-0.15, -0.1) is 11.6 Å². The molecule has 0 aliphatic carbocycles. The third-order valence-electron chi connectivity index (χ3n) is 2.74. The van der Waals surface area contributed by atoms with Crippen molar-refractivity contribution in [2.45, 2.75) is 64.2 Å². The summed E-state index contributed by atoms with van der Waals surface area (Å²) in [5, 5.41) is 8.63. The van der Waals surface area contributed by atoms with Gasteiger partial charge in [0.2, 0.25) is 0 Å². The predicted molar refractivity (Wildman–Crippen MR) is 64.4 cm³/mol. The minimum atomic E-state index is -0.758. The zero-order valence-corrected chi connectivity index (χ0v) is 10.6. The lowest BCUT2D eigenvalue weighted by atomic mass is 9.98. The quantitative estimate of drug-likeness (QED) is 0.483. The summed E-state index contributed by atoms with van der Waals surface area (Å²) in [6.45, 7) is 3.95. The number of unbranched alkanes of at least 4 members (excludes halogenated alkanes) is 5. The van der Waals surface area contributed by atoms with E-state index in [2.05, 4.69) is 6.92 Å². The van der Waals surface area contributed by atoms with Crippen LogP contribution >= 0.6 is 11.6 Å². The van der Waals surface area contributed by atoms with E-state index in [-0.39, 0.29) is 11.3 Å². The maximum absolute atomic E-state index is 10.8. The first kappa shape index (κ1) is 14.8. The zero-order valence-electron chi connectivity index (χ0n) is 9.84. The lowest BCUT2D eigenvalue weighted by Crippen LogP contribution is -2.21. The van der Waals surface area contributed by atoms with Crippen molar-refractivity contribution in [1.29, 1.82) is 0 Å². The van der Waals surface area contributed by atoms with Crippen LogP contribution in [0.25, 0.3) is 0 Å². The van der Waals surface area contributed by atoms with Gasteiger partial charge >= 0.3 is 5.97 Å². The summed E-state index contributed by atoms with van der Waals surface area (Å²) in [4.78, 5) is 10.8. The maximum atomic E-state index is 10.8. The van der Waals surface area contributed by atoms with E-state index in [0.717, 1.165) is 12.8 Å². The largest absolute Gasteiger partial charge is 0.481 e. The number of hydrogen-bond donors (Lipinski definition) is 1. The minimum absolute atomic E-state index is 0.266. The van der Waals surface area contributed by atoms with E-state index in [0.29, 0.717) is 6.42 Å². The molecule has 2 unspecified atom stereocenters. The van der Waals surface area contributed by atoms with Gasteiger partial charge in [-0.25, -0.2) is 0 Å². The smallest absolute Gasteiger partial charge is 0.307 e. The number of carboxylic acids is 1. The first-order valence-electron chi connectivity index (χ1n) is 5.96. The van der Waals surface area contributed by atoms with Crippen molar-refractivity contribution in [2.24, 2.45) is 5.92 Å². The Morgan fingerprint density at radius 3 is 2.20 bits per heavy atom. The predicted octanol–water partition coefficient (Wildman–Crippen LogP) is 4.07. The summed E-state index contributed by atoms with van der Waals surface area (Å²) in [6.07, 6.45) is 7.85. The van der Waals surface area contributed by atoms with Crippen LogP contribution in [0.3, 0.4) is 0 Å². The Morgan fingerprint density at radius 1 is 1.20 bits per heavy atom. The number of rotatable bonds is 9. The monoisotopic (exact) mass is 234 g/mol. The second kappa shape index (κ2) is 9.02. The molecule has 0 aromatic heterocycles. The Hall–Kier alpha value is -0.240. The van der Waals surface area contributed by atoms with Crippen LogP contribution in [-0.2, 0) is 4.79 Å². The standard InChI is InChI=1S/C12H23ClO2/c1-3-4-5-6-7-8-9-11(10(2)13)12(14)15/h10-11H,3-9H2,1-2H3,(H,14,15). The molecule has 0 rings (SSSR count). The van der Waals surface area contributed by atoms with E-state index in [1.807, 2.05) is 0 Å². The highest BCUT2D eigenvalue weighted by atomic mass is 35.5. The molecule has 3 heteroatoms. The van der Waals surface area contributed by atoms with Crippen LogP contribution in [0.15, 0.2) is 0 Å². The molecule has 0 fully saturated rings. The minimum Gasteiger partial charge on any atom is -0.481 e. The molecule has 0 aliphatic rings. The molecule has 0 spiro atoms. The second-order valence-corrected chi connectivity index (χ2v) is 4.87. The Kier molecular flexibility index (Phi) is 8.88. The number of carbonyl (C=O) groups is 1. The van der Waals surface area contributed by atoms with Crippen molar-refractivity contribution in [2.75, 3.05) is 0 Å². The third-order valence-corrected chi connectivity index (χ3v) is 3.04. The van der Waals surface area contributed by atoms with Gasteiger partial charge in [-0.05, 0) is 13.3 Å². The molecule has 0 bridgehead atoms. The summed E-state index contributed by atoms with van der Waals surface area (Å²) in [7, 11) is 0. The normalized spacial score (nSPS) is 14.9. The van der Waals surface area contributed by atoms with Gasteiger partial charge in [-0.2, -0.15) is 0 Å². The fourth-order valence-corrected chi connectivity index (χ4v) is 1.93. The fourth-order valence-electron chi connectivity index (χ4n) is 1.69. The van der Waals surface area contributed by atoms with Crippen LogP contribution in [0.4, 0.5) is 0 Å². The lowest BCUT2D eigenvalue weighted by Gasteiger charge is -2.13. The van der Waals surface area contributed by atoms with Gasteiger partial charge in [-0.1, -0.05) is 45.4 Å². The molecule has 15 heavy (non-hydrogen) atoms. The van der Waals surface area contributed by atoms with Gasteiger partial charge in [-0.3, -0.25) is 4.79 Å². The molecule has 90 valence electrons. The highest BCUT2D eigenvalue weighted by Gasteiger charge is 2.21. The van der Waals surface area contributed by atoms with E-state index in [4.69, 9.17) is 16.7 Å². The van der Waals surface area contributed by atoms with Crippen LogP contribution in [0.2, 0.25) is 0 Å². The van der Waals surface area contributed by atoms with Crippen LogP contribution < -0.4 is 0 Å². The molecule has 0 saturated carbocycles. The Labute approximate surface area is 98.0 Å². The zero-order chi connectivity index (χ0) is 11.7. The summed E-state index contributed by atoms with van der Waals surface area (Å²) in [5.41, 5.74) is 0. The van der Waals surface area contributed by atoms with Gasteiger partial charge in [0.15, 0.2) is 0 Å². The molecule has 0 aromatic carbocycles. The average Bonchev–Trinajstić information content (AvgIpc) is 2.15. The number of alkyl halides is 1. The molecule has 0 amide bonds. The van der Waals surface area contributed by atoms with Gasteiger partial charge in [0, 0.05) is 5.38 Å². The van der Waals surface area contributed by atoms with Crippen LogP contribution in [-0.4, -0.2) is 16.5 Å². The van der Waals surface area contributed by atoms with Gasteiger partial charge < -0.3 is 5.11 Å². The molecular formula is C12H23ClO2. The Bertz CT molecular complexity index is 169. The van der Waals surface area contributed by atoms with E-state index >= 15 is 0 Å². The van der Waals surface area contributed by atoms with Crippen LogP contribution in [0, 0.1) is 5.92 Å². The summed E-state index contributed by atoms with van der Waals surface area (Å²) in [6, 6.07) is 0. The average molecular weight is 235 g/mol. The molecule has 2 nitrogen and oxygen atoms in total. The van der Waals surface area contributed by atoms with Crippen molar-refractivity contribution in [3.63, 3.8) is 0 Å². The van der Waals surface area contributed by atoms with Gasteiger partial charge in [0.1, 0.15) is 0 Å². The molecule has 0 saturated heterocycles. The Balaban J connectivity index is 3.50. The molecule has 0 radical (unpaired) electrons. The Morgan fingerprint density at radius 2 is 1.73 bits per heavy atom. The van der Waals surface area contributed by atoms with E-state index in [1.54, 1.807) is 6.92 Å². The number of halogens is 1. The molecule has 2 atom stereocenters. The molecule has 1 N–H and O–H groups in total. The first-order chi connectivity index (χ1) is 7.09. The van der Waals surface area contributed by atoms with Crippen molar-refractivity contribution in [3.8, 4) is 0 Å². The molecule has 0 heterocycles. The molecule has 0 aliphatic heterocycles. The third kappa shape index (κ3) is 7.66. The van der Waals surface area contributed by atoms with Crippen molar-refractivity contribution in [1.82, 2.24) is 0 Å². The van der Waals surface area contributed by atoms with E-state index < -0.39 is 5.97 Å². The highest BCUT2D eigenvalue weighted by Crippen LogP contribution is 2.19. The summed E-state index contributed by atoms with van der Waals surface area (Å²) >= 11 is 5.82. The van der Waals surface area contributed by atoms with Gasteiger partial charge in [0.25, 0.3) is 0 Å². The van der Waals surface area contributed by atoms with Crippen molar-refractivity contribution >= 4 is 17.6 Å². The summed E-state index contributed by atoms with van der Waals surface area (Å²) in [5.74, 6) is -1.14. The highest BCUT2D eigenvalue weighted by molar-refractivity contribution is 6.21. The number of hydrogen-bond acceptors (Lipinski definition) is 1. The van der Waals surface area contributed by atoms with Crippen LogP contribution in [0.5, 0.6) is 0 Å². The number of carboxylic acid groups (broad SMARTS) is 1. The lowest BCUT2D eigenvalue weighted by molar-refractivity contribution is -0.141. The molecular weight excluding hydrogens is 212 g/mol. The van der Waals surface area contributed by atoms with E-state index in [9.17, 15) is 4.79 Å². The van der Waals surface area contributed by atoms with Crippen molar-refractivity contribution in [3.05, 3.63) is 0 Å². The van der Waals surface area contributed by atoms with Crippen molar-refractivity contribution < 1.29 is 9.90 Å².